The molecule has 0 radical (unpaired) electrons. The monoisotopic (exact) mass is 345 g/mol. The first kappa shape index (κ1) is 14.5. The number of fused-ring (bicyclic) bond motifs is 1. The standard InChI is InChI=1S/C17H20BrN3/c1-10-8-12(9-11(2)15(10)18)17-20-14-7-5-3-4-6-13(14)16(19)21-17/h8-9H,3-7H2,1-2H3,(H2,19,20,21). The number of aryl methyl sites for hydroxylation is 3. The van der Waals surface area contributed by atoms with Gasteiger partial charge >= 0.3 is 0 Å². The lowest BCUT2D eigenvalue weighted by atomic mass is 10.1. The average molecular weight is 346 g/mol. The highest BCUT2D eigenvalue weighted by molar-refractivity contribution is 9.10. The maximum atomic E-state index is 6.19. The van der Waals surface area contributed by atoms with Crippen LogP contribution in [0.3, 0.4) is 0 Å². The number of halogens is 1. The summed E-state index contributed by atoms with van der Waals surface area (Å²) in [7, 11) is 0. The second-order valence-electron chi connectivity index (χ2n) is 5.84. The summed E-state index contributed by atoms with van der Waals surface area (Å²) >= 11 is 3.61. The molecular formula is C17H20BrN3. The number of benzene rings is 1. The molecule has 0 unspecified atom stereocenters. The number of nitrogens with zero attached hydrogens (tertiary/aromatic N) is 2. The van der Waals surface area contributed by atoms with E-state index in [4.69, 9.17) is 10.7 Å². The van der Waals surface area contributed by atoms with Gasteiger partial charge in [-0.05, 0) is 62.8 Å². The minimum absolute atomic E-state index is 0.662. The zero-order valence-electron chi connectivity index (χ0n) is 12.5. The summed E-state index contributed by atoms with van der Waals surface area (Å²) in [5, 5.41) is 0. The summed E-state index contributed by atoms with van der Waals surface area (Å²) in [6, 6.07) is 4.24. The van der Waals surface area contributed by atoms with Gasteiger partial charge in [-0.25, -0.2) is 9.97 Å². The van der Waals surface area contributed by atoms with Crippen molar-refractivity contribution >= 4 is 21.7 Å². The maximum absolute atomic E-state index is 6.19. The van der Waals surface area contributed by atoms with Gasteiger partial charge in [0.25, 0.3) is 0 Å². The number of nitrogen functional groups attached to an aromatic ring is 1. The van der Waals surface area contributed by atoms with E-state index in [2.05, 4.69) is 46.9 Å². The van der Waals surface area contributed by atoms with Crippen molar-refractivity contribution in [2.24, 2.45) is 0 Å². The SMILES string of the molecule is Cc1cc(-c2nc(N)c3c(n2)CCCCC3)cc(C)c1Br. The highest BCUT2D eigenvalue weighted by Gasteiger charge is 2.16. The molecule has 4 heteroatoms. The van der Waals surface area contributed by atoms with E-state index >= 15 is 0 Å². The van der Waals surface area contributed by atoms with Crippen molar-refractivity contribution in [3.05, 3.63) is 39.0 Å². The second-order valence-corrected chi connectivity index (χ2v) is 6.64. The lowest BCUT2D eigenvalue weighted by Gasteiger charge is -2.12. The van der Waals surface area contributed by atoms with Crippen LogP contribution in [0.15, 0.2) is 16.6 Å². The van der Waals surface area contributed by atoms with E-state index in [1.165, 1.54) is 36.0 Å². The molecule has 0 saturated carbocycles. The Morgan fingerprint density at radius 1 is 1.00 bits per heavy atom. The molecule has 0 atom stereocenters. The first-order valence-electron chi connectivity index (χ1n) is 7.48. The first-order chi connectivity index (χ1) is 10.1. The average Bonchev–Trinajstić information content (AvgIpc) is 2.69. The van der Waals surface area contributed by atoms with Crippen LogP contribution >= 0.6 is 15.9 Å². The minimum Gasteiger partial charge on any atom is -0.383 e. The highest BCUT2D eigenvalue weighted by atomic mass is 79.9. The van der Waals surface area contributed by atoms with Gasteiger partial charge in [-0.2, -0.15) is 0 Å². The molecule has 0 spiro atoms. The molecule has 3 nitrogen and oxygen atoms in total. The van der Waals surface area contributed by atoms with Crippen molar-refractivity contribution in [1.82, 2.24) is 9.97 Å². The van der Waals surface area contributed by atoms with Gasteiger partial charge in [0.05, 0.1) is 0 Å². The third-order valence-electron chi connectivity index (χ3n) is 4.16. The van der Waals surface area contributed by atoms with Crippen molar-refractivity contribution in [3.8, 4) is 11.4 Å². The number of aromatic nitrogens is 2. The summed E-state index contributed by atoms with van der Waals surface area (Å²) in [6.45, 7) is 4.18. The molecule has 0 amide bonds. The molecule has 0 aliphatic heterocycles. The quantitative estimate of drug-likeness (QED) is 0.780. The zero-order chi connectivity index (χ0) is 15.0. The van der Waals surface area contributed by atoms with Gasteiger partial charge < -0.3 is 5.73 Å². The van der Waals surface area contributed by atoms with Crippen molar-refractivity contribution in [2.75, 3.05) is 5.73 Å². The summed E-state index contributed by atoms with van der Waals surface area (Å²) in [6.07, 6.45) is 5.67. The molecule has 3 rings (SSSR count). The molecule has 110 valence electrons. The van der Waals surface area contributed by atoms with Crippen LogP contribution in [0.1, 0.15) is 41.6 Å². The predicted octanol–water partition coefficient (Wildman–Crippen LogP) is 4.37. The van der Waals surface area contributed by atoms with E-state index in [0.717, 1.165) is 34.4 Å². The van der Waals surface area contributed by atoms with E-state index in [-0.39, 0.29) is 0 Å². The molecule has 1 aliphatic carbocycles. The largest absolute Gasteiger partial charge is 0.383 e. The fourth-order valence-electron chi connectivity index (χ4n) is 3.00. The Hall–Kier alpha value is -1.42. The van der Waals surface area contributed by atoms with Crippen LogP contribution in [0.5, 0.6) is 0 Å². The van der Waals surface area contributed by atoms with Crippen molar-refractivity contribution in [2.45, 2.75) is 46.0 Å². The molecule has 2 aromatic rings. The van der Waals surface area contributed by atoms with Gasteiger partial charge in [0.15, 0.2) is 5.82 Å². The van der Waals surface area contributed by atoms with E-state index < -0.39 is 0 Å². The van der Waals surface area contributed by atoms with Crippen LogP contribution in [0, 0.1) is 13.8 Å². The third-order valence-corrected chi connectivity index (χ3v) is 5.41. The zero-order valence-corrected chi connectivity index (χ0v) is 14.1. The fraction of sp³-hybridized carbons (Fsp3) is 0.412. The Morgan fingerprint density at radius 3 is 2.38 bits per heavy atom. The molecule has 0 fully saturated rings. The van der Waals surface area contributed by atoms with Crippen molar-refractivity contribution < 1.29 is 0 Å². The van der Waals surface area contributed by atoms with E-state index in [1.54, 1.807) is 0 Å². The second kappa shape index (κ2) is 5.76. The van der Waals surface area contributed by atoms with Gasteiger partial charge in [-0.1, -0.05) is 22.4 Å². The Morgan fingerprint density at radius 2 is 1.67 bits per heavy atom. The van der Waals surface area contributed by atoms with Gasteiger partial charge in [-0.15, -0.1) is 0 Å². The van der Waals surface area contributed by atoms with E-state index in [0.29, 0.717) is 5.82 Å². The maximum Gasteiger partial charge on any atom is 0.161 e. The number of nitrogens with two attached hydrogens (primary N) is 1. The third kappa shape index (κ3) is 2.82. The smallest absolute Gasteiger partial charge is 0.161 e. The van der Waals surface area contributed by atoms with Gasteiger partial charge in [0, 0.05) is 21.3 Å². The fourth-order valence-corrected chi connectivity index (χ4v) is 3.23. The Balaban J connectivity index is 2.11. The Labute approximate surface area is 134 Å². The summed E-state index contributed by atoms with van der Waals surface area (Å²) < 4.78 is 1.15. The van der Waals surface area contributed by atoms with Gasteiger partial charge in [0.2, 0.25) is 0 Å². The summed E-state index contributed by atoms with van der Waals surface area (Å²) in [5.41, 5.74) is 12.0. The number of rotatable bonds is 1. The Bertz CT molecular complexity index is 672. The van der Waals surface area contributed by atoms with Crippen molar-refractivity contribution in [1.29, 1.82) is 0 Å². The lowest BCUT2D eigenvalue weighted by Crippen LogP contribution is -2.06. The molecule has 1 aromatic heterocycles. The van der Waals surface area contributed by atoms with Crippen LogP contribution in [-0.2, 0) is 12.8 Å². The van der Waals surface area contributed by atoms with Crippen LogP contribution in [0.2, 0.25) is 0 Å². The van der Waals surface area contributed by atoms with Gasteiger partial charge in [-0.3, -0.25) is 0 Å². The predicted molar refractivity (Wildman–Crippen MR) is 90.3 cm³/mol. The van der Waals surface area contributed by atoms with Gasteiger partial charge in [0.1, 0.15) is 5.82 Å². The normalized spacial score (nSPS) is 14.6. The first-order valence-corrected chi connectivity index (χ1v) is 8.28. The van der Waals surface area contributed by atoms with Crippen LogP contribution in [0.25, 0.3) is 11.4 Å². The van der Waals surface area contributed by atoms with Crippen LogP contribution in [0.4, 0.5) is 5.82 Å². The summed E-state index contributed by atoms with van der Waals surface area (Å²) in [4.78, 5) is 9.37. The molecular weight excluding hydrogens is 326 g/mol. The highest BCUT2D eigenvalue weighted by Crippen LogP contribution is 2.30. The molecule has 2 N–H and O–H groups in total. The molecule has 21 heavy (non-hydrogen) atoms. The molecule has 0 saturated heterocycles. The summed E-state index contributed by atoms with van der Waals surface area (Å²) in [5.74, 6) is 1.42. The number of anilines is 1. The molecule has 1 aliphatic rings. The minimum atomic E-state index is 0.662. The van der Waals surface area contributed by atoms with E-state index in [1.807, 2.05) is 0 Å². The van der Waals surface area contributed by atoms with E-state index in [9.17, 15) is 0 Å². The number of hydrogen-bond acceptors (Lipinski definition) is 3. The topological polar surface area (TPSA) is 51.8 Å². The number of hydrogen-bond donors (Lipinski definition) is 1. The van der Waals surface area contributed by atoms with Crippen LogP contribution in [-0.4, -0.2) is 9.97 Å². The van der Waals surface area contributed by atoms with Crippen LogP contribution < -0.4 is 5.73 Å². The lowest BCUT2D eigenvalue weighted by molar-refractivity contribution is 0.709. The molecule has 0 bridgehead atoms. The Kier molecular flexibility index (Phi) is 3.98. The molecule has 1 aromatic carbocycles. The van der Waals surface area contributed by atoms with Crippen molar-refractivity contribution in [3.63, 3.8) is 0 Å². The molecule has 1 heterocycles.